The summed E-state index contributed by atoms with van der Waals surface area (Å²) in [6.07, 6.45) is 7.10. The molecule has 1 aliphatic carbocycles. The highest BCUT2D eigenvalue weighted by Gasteiger charge is 2.38. The molecule has 0 aliphatic heterocycles. The van der Waals surface area contributed by atoms with E-state index in [0.717, 1.165) is 32.4 Å². The molecule has 2 N–H and O–H groups in total. The summed E-state index contributed by atoms with van der Waals surface area (Å²) in [6, 6.07) is 0. The van der Waals surface area contributed by atoms with Gasteiger partial charge in [-0.05, 0) is 32.2 Å². The first kappa shape index (κ1) is 13.9. The lowest BCUT2D eigenvalue weighted by Crippen LogP contribution is -2.46. The highest BCUT2D eigenvalue weighted by atomic mass is 16.5. The van der Waals surface area contributed by atoms with Crippen molar-refractivity contribution in [2.75, 3.05) is 19.8 Å². The van der Waals surface area contributed by atoms with E-state index >= 15 is 0 Å². The van der Waals surface area contributed by atoms with Gasteiger partial charge >= 0.3 is 0 Å². The van der Waals surface area contributed by atoms with Crippen molar-refractivity contribution in [1.82, 2.24) is 5.32 Å². The van der Waals surface area contributed by atoms with Crippen molar-refractivity contribution >= 4 is 0 Å². The predicted molar refractivity (Wildman–Crippen MR) is 66.6 cm³/mol. The zero-order valence-electron chi connectivity index (χ0n) is 10.8. The van der Waals surface area contributed by atoms with Crippen LogP contribution in [0.2, 0.25) is 0 Å². The van der Waals surface area contributed by atoms with E-state index in [1.165, 1.54) is 19.3 Å². The lowest BCUT2D eigenvalue weighted by Gasteiger charge is -2.27. The molecule has 0 spiro atoms. The van der Waals surface area contributed by atoms with Crippen LogP contribution < -0.4 is 5.32 Å². The van der Waals surface area contributed by atoms with Crippen LogP contribution in [0, 0.1) is 0 Å². The van der Waals surface area contributed by atoms with Crippen LogP contribution in [0.5, 0.6) is 0 Å². The highest BCUT2D eigenvalue weighted by Crippen LogP contribution is 2.31. The molecule has 1 fully saturated rings. The maximum atomic E-state index is 9.46. The summed E-state index contributed by atoms with van der Waals surface area (Å²) in [6.45, 7) is 6.33. The molecule has 1 saturated carbocycles. The molecule has 2 atom stereocenters. The van der Waals surface area contributed by atoms with Crippen molar-refractivity contribution < 1.29 is 9.84 Å². The maximum Gasteiger partial charge on any atom is 0.0614 e. The fourth-order valence-corrected chi connectivity index (χ4v) is 2.56. The van der Waals surface area contributed by atoms with Crippen molar-refractivity contribution in [3.8, 4) is 0 Å². The Kier molecular flexibility index (Phi) is 6.32. The van der Waals surface area contributed by atoms with Gasteiger partial charge in [0.2, 0.25) is 0 Å². The minimum absolute atomic E-state index is 0.0653. The summed E-state index contributed by atoms with van der Waals surface area (Å²) in [5.74, 6) is 0. The number of ether oxygens (including phenoxy) is 1. The average Bonchev–Trinajstić information content (AvgIpc) is 2.70. The summed E-state index contributed by atoms with van der Waals surface area (Å²) >= 11 is 0. The third kappa shape index (κ3) is 4.04. The molecule has 2 unspecified atom stereocenters. The molecule has 0 aromatic carbocycles. The van der Waals surface area contributed by atoms with Crippen LogP contribution in [0.1, 0.15) is 52.4 Å². The fraction of sp³-hybridized carbons (Fsp3) is 1.00. The molecule has 3 nitrogen and oxygen atoms in total. The van der Waals surface area contributed by atoms with Gasteiger partial charge in [-0.25, -0.2) is 0 Å². The summed E-state index contributed by atoms with van der Waals surface area (Å²) in [4.78, 5) is 0. The molecule has 0 heterocycles. The Labute approximate surface area is 99.6 Å². The maximum absolute atomic E-state index is 9.46. The van der Waals surface area contributed by atoms with E-state index < -0.39 is 0 Å². The smallest absolute Gasteiger partial charge is 0.0614 e. The fourth-order valence-electron chi connectivity index (χ4n) is 2.56. The number of unbranched alkanes of at least 4 members (excludes halogenated alkanes) is 2. The second kappa shape index (κ2) is 7.25. The molecule has 0 aromatic heterocycles. The van der Waals surface area contributed by atoms with Crippen LogP contribution in [0.3, 0.4) is 0 Å². The summed E-state index contributed by atoms with van der Waals surface area (Å²) < 4.78 is 5.86. The van der Waals surface area contributed by atoms with Gasteiger partial charge in [0.25, 0.3) is 0 Å². The quantitative estimate of drug-likeness (QED) is 0.626. The Balaban J connectivity index is 2.22. The van der Waals surface area contributed by atoms with E-state index in [0.29, 0.717) is 6.10 Å². The lowest BCUT2D eigenvalue weighted by molar-refractivity contribution is 0.0448. The number of nitrogens with one attached hydrogen (secondary N) is 1. The predicted octanol–water partition coefficient (Wildman–Crippen LogP) is 2.09. The van der Waals surface area contributed by atoms with Crippen LogP contribution in [-0.2, 0) is 4.74 Å². The standard InChI is InChI=1S/C13H27NO2/c1-3-5-6-9-16-12-7-8-13(10-12,11-15)14-4-2/h12,14-15H,3-11H2,1-2H3. The van der Waals surface area contributed by atoms with Crippen molar-refractivity contribution in [1.29, 1.82) is 0 Å². The molecule has 0 amide bonds. The Hall–Kier alpha value is -0.120. The highest BCUT2D eigenvalue weighted by molar-refractivity contribution is 4.96. The number of aliphatic hydroxyl groups excluding tert-OH is 1. The molecule has 16 heavy (non-hydrogen) atoms. The van der Waals surface area contributed by atoms with Crippen molar-refractivity contribution in [3.63, 3.8) is 0 Å². The Morgan fingerprint density at radius 1 is 1.38 bits per heavy atom. The van der Waals surface area contributed by atoms with E-state index in [2.05, 4.69) is 19.2 Å². The average molecular weight is 229 g/mol. The SMILES string of the molecule is CCCCCOC1CCC(CO)(NCC)C1. The third-order valence-electron chi connectivity index (χ3n) is 3.52. The first-order chi connectivity index (χ1) is 7.76. The number of rotatable bonds is 8. The van der Waals surface area contributed by atoms with Crippen LogP contribution in [-0.4, -0.2) is 36.5 Å². The van der Waals surface area contributed by atoms with Crippen LogP contribution in [0.15, 0.2) is 0 Å². The lowest BCUT2D eigenvalue weighted by atomic mass is 9.99. The van der Waals surface area contributed by atoms with Crippen LogP contribution >= 0.6 is 0 Å². The van der Waals surface area contributed by atoms with E-state index in [9.17, 15) is 5.11 Å². The van der Waals surface area contributed by atoms with E-state index in [1.54, 1.807) is 0 Å². The van der Waals surface area contributed by atoms with Crippen molar-refractivity contribution in [2.24, 2.45) is 0 Å². The van der Waals surface area contributed by atoms with Gasteiger partial charge in [-0.1, -0.05) is 26.7 Å². The topological polar surface area (TPSA) is 41.5 Å². The molecule has 96 valence electrons. The number of hydrogen-bond donors (Lipinski definition) is 2. The number of hydrogen-bond acceptors (Lipinski definition) is 3. The van der Waals surface area contributed by atoms with Gasteiger partial charge in [-0.3, -0.25) is 0 Å². The largest absolute Gasteiger partial charge is 0.394 e. The van der Waals surface area contributed by atoms with Crippen LogP contribution in [0.25, 0.3) is 0 Å². The zero-order chi connectivity index (χ0) is 11.9. The molecular weight excluding hydrogens is 202 g/mol. The Bertz CT molecular complexity index is 187. The van der Waals surface area contributed by atoms with Gasteiger partial charge in [0.05, 0.1) is 12.7 Å². The van der Waals surface area contributed by atoms with E-state index in [4.69, 9.17) is 4.74 Å². The van der Waals surface area contributed by atoms with Gasteiger partial charge < -0.3 is 15.2 Å². The molecule has 0 saturated heterocycles. The molecule has 0 radical (unpaired) electrons. The summed E-state index contributed by atoms with van der Waals surface area (Å²) in [5.41, 5.74) is -0.0653. The third-order valence-corrected chi connectivity index (χ3v) is 3.52. The van der Waals surface area contributed by atoms with Crippen molar-refractivity contribution in [3.05, 3.63) is 0 Å². The van der Waals surface area contributed by atoms with Crippen molar-refractivity contribution in [2.45, 2.75) is 64.0 Å². The minimum Gasteiger partial charge on any atom is -0.394 e. The van der Waals surface area contributed by atoms with Gasteiger partial charge in [0.1, 0.15) is 0 Å². The van der Waals surface area contributed by atoms with E-state index in [-0.39, 0.29) is 12.1 Å². The molecule has 0 aromatic rings. The Morgan fingerprint density at radius 2 is 2.19 bits per heavy atom. The first-order valence-corrected chi connectivity index (χ1v) is 6.74. The first-order valence-electron chi connectivity index (χ1n) is 6.74. The zero-order valence-corrected chi connectivity index (χ0v) is 10.8. The van der Waals surface area contributed by atoms with Gasteiger partial charge in [-0.15, -0.1) is 0 Å². The summed E-state index contributed by atoms with van der Waals surface area (Å²) in [5, 5.41) is 12.9. The second-order valence-electron chi connectivity index (χ2n) is 4.91. The molecular formula is C13H27NO2. The molecule has 3 heteroatoms. The minimum atomic E-state index is -0.0653. The monoisotopic (exact) mass is 229 g/mol. The van der Waals surface area contributed by atoms with Crippen LogP contribution in [0.4, 0.5) is 0 Å². The van der Waals surface area contributed by atoms with Gasteiger partial charge in [0.15, 0.2) is 0 Å². The normalized spacial score (nSPS) is 29.8. The number of aliphatic hydroxyl groups is 1. The Morgan fingerprint density at radius 3 is 2.81 bits per heavy atom. The molecule has 1 aliphatic rings. The van der Waals surface area contributed by atoms with Gasteiger partial charge in [-0.2, -0.15) is 0 Å². The number of likely N-dealkylation sites (N-methyl/N-ethyl adjacent to an activating group) is 1. The molecule has 1 rings (SSSR count). The van der Waals surface area contributed by atoms with Gasteiger partial charge in [0, 0.05) is 12.1 Å². The molecule has 0 bridgehead atoms. The summed E-state index contributed by atoms with van der Waals surface area (Å²) in [7, 11) is 0. The van der Waals surface area contributed by atoms with E-state index in [1.807, 2.05) is 0 Å². The second-order valence-corrected chi connectivity index (χ2v) is 4.91.